The summed E-state index contributed by atoms with van der Waals surface area (Å²) in [5.74, 6) is -0.00873. The van der Waals surface area contributed by atoms with Gasteiger partial charge in [0.05, 0.1) is 0 Å². The molecule has 0 unspecified atom stereocenters. The van der Waals surface area contributed by atoms with E-state index in [0.717, 1.165) is 22.1 Å². The predicted molar refractivity (Wildman–Crippen MR) is 81.9 cm³/mol. The summed E-state index contributed by atoms with van der Waals surface area (Å²) in [6, 6.07) is 15.3. The van der Waals surface area contributed by atoms with Crippen LogP contribution < -0.4 is 11.1 Å². The molecule has 0 aromatic heterocycles. The zero-order chi connectivity index (χ0) is 13.7. The number of benzene rings is 2. The average Bonchev–Trinajstić information content (AvgIpc) is 2.42. The maximum Gasteiger partial charge on any atom is 0.224 e. The van der Waals surface area contributed by atoms with Crippen LogP contribution in [0.3, 0.4) is 0 Å². The zero-order valence-corrected chi connectivity index (χ0v) is 12.0. The molecule has 2 aromatic carbocycles. The van der Waals surface area contributed by atoms with Crippen LogP contribution in [0.2, 0.25) is 0 Å². The molecule has 0 aliphatic rings. The molecule has 98 valence electrons. The summed E-state index contributed by atoms with van der Waals surface area (Å²) >= 11 is 3.32. The van der Waals surface area contributed by atoms with E-state index in [4.69, 9.17) is 5.73 Å². The number of carbonyl (C=O) groups excluding carboxylic acids is 1. The molecule has 2 aromatic rings. The smallest absolute Gasteiger partial charge is 0.224 e. The monoisotopic (exact) mass is 318 g/mol. The van der Waals surface area contributed by atoms with Gasteiger partial charge in [0.2, 0.25) is 5.91 Å². The largest absolute Gasteiger partial charge is 0.398 e. The second-order valence-electron chi connectivity index (χ2n) is 4.27. The van der Waals surface area contributed by atoms with Gasteiger partial charge in [0, 0.05) is 22.3 Å². The Kier molecular flexibility index (Phi) is 4.58. The number of hydrogen-bond donors (Lipinski definition) is 2. The third kappa shape index (κ3) is 4.10. The Hall–Kier alpha value is -1.81. The normalized spacial score (nSPS) is 10.2. The molecular formula is C15H15BrN2O. The summed E-state index contributed by atoms with van der Waals surface area (Å²) in [4.78, 5) is 11.8. The van der Waals surface area contributed by atoms with Gasteiger partial charge in [-0.25, -0.2) is 0 Å². The molecule has 1 amide bonds. The molecule has 0 heterocycles. The molecule has 0 atom stereocenters. The highest BCUT2D eigenvalue weighted by molar-refractivity contribution is 9.10. The van der Waals surface area contributed by atoms with E-state index in [0.29, 0.717) is 12.1 Å². The topological polar surface area (TPSA) is 55.1 Å². The third-order valence-corrected chi connectivity index (χ3v) is 3.49. The maximum absolute atomic E-state index is 11.8. The third-order valence-electron chi connectivity index (χ3n) is 2.76. The first-order valence-electron chi connectivity index (χ1n) is 6.04. The highest BCUT2D eigenvalue weighted by atomic mass is 79.9. The van der Waals surface area contributed by atoms with Crippen molar-refractivity contribution in [2.24, 2.45) is 0 Å². The first kappa shape index (κ1) is 13.6. The van der Waals surface area contributed by atoms with E-state index >= 15 is 0 Å². The molecule has 3 nitrogen and oxygen atoms in total. The molecule has 3 N–H and O–H groups in total. The highest BCUT2D eigenvalue weighted by Gasteiger charge is 2.04. The average molecular weight is 319 g/mol. The van der Waals surface area contributed by atoms with Crippen molar-refractivity contribution in [3.8, 4) is 0 Å². The Morgan fingerprint density at radius 3 is 2.58 bits per heavy atom. The van der Waals surface area contributed by atoms with E-state index in [1.54, 1.807) is 6.07 Å². The van der Waals surface area contributed by atoms with Gasteiger partial charge in [0.25, 0.3) is 0 Å². The maximum atomic E-state index is 11.8. The van der Waals surface area contributed by atoms with Crippen molar-refractivity contribution in [3.63, 3.8) is 0 Å². The van der Waals surface area contributed by atoms with Gasteiger partial charge in [-0.15, -0.1) is 0 Å². The van der Waals surface area contributed by atoms with Crippen molar-refractivity contribution in [2.45, 2.75) is 12.8 Å². The van der Waals surface area contributed by atoms with E-state index in [2.05, 4.69) is 21.2 Å². The minimum absolute atomic E-state index is 0.00873. The molecule has 0 saturated heterocycles. The van der Waals surface area contributed by atoms with E-state index in [-0.39, 0.29) is 5.91 Å². The van der Waals surface area contributed by atoms with Crippen molar-refractivity contribution in [1.29, 1.82) is 0 Å². The summed E-state index contributed by atoms with van der Waals surface area (Å²) in [7, 11) is 0. The van der Waals surface area contributed by atoms with Gasteiger partial charge in [-0.05, 0) is 46.1 Å². The van der Waals surface area contributed by atoms with Crippen LogP contribution in [0.1, 0.15) is 12.0 Å². The molecule has 0 radical (unpaired) electrons. The standard InChI is InChI=1S/C15H15BrN2O/c16-13-8-7-12(10-14(13)17)18-15(19)9-6-11-4-2-1-3-5-11/h1-5,7-8,10H,6,9,17H2,(H,18,19). The lowest BCUT2D eigenvalue weighted by Gasteiger charge is -2.07. The number of amides is 1. The van der Waals surface area contributed by atoms with Crippen LogP contribution in [0, 0.1) is 0 Å². The molecular weight excluding hydrogens is 304 g/mol. The van der Waals surface area contributed by atoms with Gasteiger partial charge in [0.1, 0.15) is 0 Å². The number of halogens is 1. The van der Waals surface area contributed by atoms with Gasteiger partial charge in [-0.1, -0.05) is 30.3 Å². The fourth-order valence-electron chi connectivity index (χ4n) is 1.75. The molecule has 0 fully saturated rings. The van der Waals surface area contributed by atoms with Crippen LogP contribution >= 0.6 is 15.9 Å². The lowest BCUT2D eigenvalue weighted by atomic mass is 10.1. The predicted octanol–water partition coefficient (Wildman–Crippen LogP) is 3.60. The van der Waals surface area contributed by atoms with Crippen LogP contribution in [0.5, 0.6) is 0 Å². The highest BCUT2D eigenvalue weighted by Crippen LogP contribution is 2.23. The SMILES string of the molecule is Nc1cc(NC(=O)CCc2ccccc2)ccc1Br. The van der Waals surface area contributed by atoms with E-state index < -0.39 is 0 Å². The zero-order valence-electron chi connectivity index (χ0n) is 10.4. The van der Waals surface area contributed by atoms with Crippen LogP contribution in [0.4, 0.5) is 11.4 Å². The molecule has 4 heteroatoms. The lowest BCUT2D eigenvalue weighted by Crippen LogP contribution is -2.12. The van der Waals surface area contributed by atoms with Gasteiger partial charge in [-0.2, -0.15) is 0 Å². The Bertz CT molecular complexity index is 570. The fraction of sp³-hybridized carbons (Fsp3) is 0.133. The van der Waals surface area contributed by atoms with Crippen molar-refractivity contribution in [2.75, 3.05) is 11.1 Å². The summed E-state index contributed by atoms with van der Waals surface area (Å²) in [5, 5.41) is 2.84. The van der Waals surface area contributed by atoms with Gasteiger partial charge >= 0.3 is 0 Å². The minimum Gasteiger partial charge on any atom is -0.398 e. The Labute approximate surface area is 121 Å². The van der Waals surface area contributed by atoms with Gasteiger partial charge < -0.3 is 11.1 Å². The Balaban J connectivity index is 1.89. The first-order valence-corrected chi connectivity index (χ1v) is 6.83. The summed E-state index contributed by atoms with van der Waals surface area (Å²) in [5.41, 5.74) is 8.26. The van der Waals surface area contributed by atoms with Crippen molar-refractivity contribution in [3.05, 3.63) is 58.6 Å². The van der Waals surface area contributed by atoms with Crippen LogP contribution in [0.25, 0.3) is 0 Å². The molecule has 0 saturated carbocycles. The van der Waals surface area contributed by atoms with Gasteiger partial charge in [0.15, 0.2) is 0 Å². The number of rotatable bonds is 4. The number of aryl methyl sites for hydroxylation is 1. The first-order chi connectivity index (χ1) is 9.15. The number of anilines is 2. The second kappa shape index (κ2) is 6.38. The molecule has 2 rings (SSSR count). The molecule has 0 bridgehead atoms. The fourth-order valence-corrected chi connectivity index (χ4v) is 1.99. The van der Waals surface area contributed by atoms with Gasteiger partial charge in [-0.3, -0.25) is 4.79 Å². The molecule has 0 aliphatic carbocycles. The minimum atomic E-state index is -0.00873. The van der Waals surface area contributed by atoms with Crippen LogP contribution in [-0.2, 0) is 11.2 Å². The van der Waals surface area contributed by atoms with Crippen LogP contribution in [-0.4, -0.2) is 5.91 Å². The number of hydrogen-bond acceptors (Lipinski definition) is 2. The number of nitrogen functional groups attached to an aromatic ring is 1. The quantitative estimate of drug-likeness (QED) is 0.846. The second-order valence-corrected chi connectivity index (χ2v) is 5.12. The van der Waals surface area contributed by atoms with Crippen molar-refractivity contribution >= 4 is 33.2 Å². The Morgan fingerprint density at radius 2 is 1.89 bits per heavy atom. The molecule has 0 spiro atoms. The van der Waals surface area contributed by atoms with E-state index in [1.165, 1.54) is 0 Å². The van der Waals surface area contributed by atoms with Crippen LogP contribution in [0.15, 0.2) is 53.0 Å². The Morgan fingerprint density at radius 1 is 1.16 bits per heavy atom. The number of nitrogens with one attached hydrogen (secondary N) is 1. The summed E-state index contributed by atoms with van der Waals surface area (Å²) < 4.78 is 0.829. The molecule has 0 aliphatic heterocycles. The van der Waals surface area contributed by atoms with Crippen molar-refractivity contribution < 1.29 is 4.79 Å². The number of carbonyl (C=O) groups is 1. The lowest BCUT2D eigenvalue weighted by molar-refractivity contribution is -0.116. The van der Waals surface area contributed by atoms with E-state index in [1.807, 2.05) is 42.5 Å². The molecule has 19 heavy (non-hydrogen) atoms. The summed E-state index contributed by atoms with van der Waals surface area (Å²) in [6.45, 7) is 0. The number of nitrogens with two attached hydrogens (primary N) is 1. The van der Waals surface area contributed by atoms with E-state index in [9.17, 15) is 4.79 Å². The summed E-state index contributed by atoms with van der Waals surface area (Å²) in [6.07, 6.45) is 1.19. The van der Waals surface area contributed by atoms with Crippen molar-refractivity contribution in [1.82, 2.24) is 0 Å².